The van der Waals surface area contributed by atoms with Gasteiger partial charge in [-0.1, -0.05) is 37.6 Å². The molecule has 1 atom stereocenters. The molecule has 1 N–H and O–H groups in total. The van der Waals surface area contributed by atoms with Crippen LogP contribution in [0.3, 0.4) is 0 Å². The Hall–Kier alpha value is -3.03. The highest BCUT2D eigenvalue weighted by molar-refractivity contribution is 7.92. The van der Waals surface area contributed by atoms with Gasteiger partial charge < -0.3 is 10.1 Å². The molecule has 0 radical (unpaired) electrons. The van der Waals surface area contributed by atoms with Crippen LogP contribution in [0, 0.1) is 5.92 Å². The second-order valence-corrected chi connectivity index (χ2v) is 10.8. The van der Waals surface area contributed by atoms with Crippen LogP contribution < -0.4 is 14.4 Å². The zero-order chi connectivity index (χ0) is 24.9. The number of amides is 1. The number of anilines is 1. The molecular formula is C26H29ClN2O4S. The van der Waals surface area contributed by atoms with E-state index >= 15 is 0 Å². The van der Waals surface area contributed by atoms with Crippen molar-refractivity contribution in [3.05, 3.63) is 88.9 Å². The van der Waals surface area contributed by atoms with Crippen molar-refractivity contribution in [3.8, 4) is 5.75 Å². The predicted octanol–water partition coefficient (Wildman–Crippen LogP) is 5.69. The van der Waals surface area contributed by atoms with E-state index < -0.39 is 10.0 Å². The third kappa shape index (κ3) is 6.10. The first-order valence-electron chi connectivity index (χ1n) is 10.9. The maximum atomic E-state index is 13.0. The number of nitrogens with one attached hydrogen (secondary N) is 1. The number of methoxy groups -OCH3 is 1. The lowest BCUT2D eigenvalue weighted by Crippen LogP contribution is -2.30. The van der Waals surface area contributed by atoms with Crippen molar-refractivity contribution in [2.24, 2.45) is 5.92 Å². The summed E-state index contributed by atoms with van der Waals surface area (Å²) in [6.45, 7) is 4.21. The molecule has 180 valence electrons. The van der Waals surface area contributed by atoms with Gasteiger partial charge in [0.25, 0.3) is 15.9 Å². The normalized spacial score (nSPS) is 12.3. The number of benzene rings is 3. The Kier molecular flexibility index (Phi) is 8.23. The van der Waals surface area contributed by atoms with Gasteiger partial charge in [0.05, 0.1) is 23.7 Å². The van der Waals surface area contributed by atoms with Crippen LogP contribution in [0.25, 0.3) is 0 Å². The number of sulfonamides is 1. The van der Waals surface area contributed by atoms with Gasteiger partial charge >= 0.3 is 0 Å². The third-order valence-corrected chi connectivity index (χ3v) is 7.55. The minimum absolute atomic E-state index is 0.136. The SMILES string of the molecule is COc1ccc(C(CC(C)C)NC(=O)c2ccc(N(C)S(=O)(=O)c3ccc(Cl)cc3)cc2)cc1. The summed E-state index contributed by atoms with van der Waals surface area (Å²) in [5.41, 5.74) is 1.89. The topological polar surface area (TPSA) is 75.7 Å². The summed E-state index contributed by atoms with van der Waals surface area (Å²) in [5.74, 6) is 0.907. The highest BCUT2D eigenvalue weighted by atomic mass is 35.5. The van der Waals surface area contributed by atoms with Crippen LogP contribution in [0.1, 0.15) is 42.2 Å². The molecule has 3 rings (SSSR count). The third-order valence-electron chi connectivity index (χ3n) is 5.50. The zero-order valence-corrected chi connectivity index (χ0v) is 21.2. The molecule has 8 heteroatoms. The van der Waals surface area contributed by atoms with E-state index in [1.54, 1.807) is 31.4 Å². The molecule has 3 aromatic carbocycles. The number of rotatable bonds is 9. The van der Waals surface area contributed by atoms with Crippen molar-refractivity contribution in [1.82, 2.24) is 5.32 Å². The van der Waals surface area contributed by atoms with Gasteiger partial charge in [0.15, 0.2) is 0 Å². The molecule has 0 saturated carbocycles. The molecule has 1 amide bonds. The quantitative estimate of drug-likeness (QED) is 0.409. The number of ether oxygens (including phenoxy) is 1. The van der Waals surface area contributed by atoms with Crippen LogP contribution in [-0.2, 0) is 10.0 Å². The fourth-order valence-corrected chi connectivity index (χ4v) is 4.88. The molecule has 0 bridgehead atoms. The van der Waals surface area contributed by atoms with Crippen LogP contribution >= 0.6 is 11.6 Å². The van der Waals surface area contributed by atoms with Crippen LogP contribution in [-0.4, -0.2) is 28.5 Å². The molecule has 0 aliphatic carbocycles. The largest absolute Gasteiger partial charge is 0.497 e. The molecule has 1 unspecified atom stereocenters. The van der Waals surface area contributed by atoms with E-state index in [4.69, 9.17) is 16.3 Å². The molecule has 0 aliphatic heterocycles. The van der Waals surface area contributed by atoms with Gasteiger partial charge in [-0.2, -0.15) is 0 Å². The molecule has 0 fully saturated rings. The Morgan fingerprint density at radius 1 is 0.971 bits per heavy atom. The highest BCUT2D eigenvalue weighted by Gasteiger charge is 2.22. The minimum atomic E-state index is -3.75. The van der Waals surface area contributed by atoms with Crippen molar-refractivity contribution in [2.75, 3.05) is 18.5 Å². The van der Waals surface area contributed by atoms with E-state index in [-0.39, 0.29) is 16.8 Å². The Labute approximate surface area is 206 Å². The van der Waals surface area contributed by atoms with E-state index in [9.17, 15) is 13.2 Å². The van der Waals surface area contributed by atoms with Gasteiger partial charge in [0.1, 0.15) is 5.75 Å². The smallest absolute Gasteiger partial charge is 0.264 e. The maximum Gasteiger partial charge on any atom is 0.264 e. The Morgan fingerprint density at radius 3 is 2.09 bits per heavy atom. The van der Waals surface area contributed by atoms with E-state index in [0.29, 0.717) is 22.2 Å². The number of hydrogen-bond acceptors (Lipinski definition) is 4. The van der Waals surface area contributed by atoms with Gasteiger partial charge in [-0.05, 0) is 78.6 Å². The van der Waals surface area contributed by atoms with Gasteiger partial charge in [0, 0.05) is 17.6 Å². The molecule has 0 saturated heterocycles. The van der Waals surface area contributed by atoms with Crippen molar-refractivity contribution < 1.29 is 17.9 Å². The van der Waals surface area contributed by atoms with Crippen molar-refractivity contribution >= 4 is 33.2 Å². The van der Waals surface area contributed by atoms with Gasteiger partial charge in [0.2, 0.25) is 0 Å². The maximum absolute atomic E-state index is 13.0. The second kappa shape index (κ2) is 10.9. The molecular weight excluding hydrogens is 472 g/mol. The lowest BCUT2D eigenvalue weighted by Gasteiger charge is -2.22. The van der Waals surface area contributed by atoms with E-state index in [1.807, 2.05) is 24.3 Å². The number of nitrogens with zero attached hydrogens (tertiary/aromatic N) is 1. The summed E-state index contributed by atoms with van der Waals surface area (Å²) in [6, 6.07) is 20.0. The summed E-state index contributed by atoms with van der Waals surface area (Å²) < 4.78 is 32.2. The molecule has 0 aromatic heterocycles. The average Bonchev–Trinajstić information content (AvgIpc) is 2.83. The van der Waals surface area contributed by atoms with Crippen LogP contribution in [0.15, 0.2) is 77.7 Å². The number of hydrogen-bond donors (Lipinski definition) is 1. The number of carbonyl (C=O) groups excluding carboxylic acids is 1. The molecule has 3 aromatic rings. The van der Waals surface area contributed by atoms with Crippen LogP contribution in [0.4, 0.5) is 5.69 Å². The standard InChI is InChI=1S/C26H29ClN2O4S/c1-18(2)17-25(19-7-13-23(33-4)14-8-19)28-26(30)20-5-11-22(12-6-20)29(3)34(31,32)24-15-9-21(27)10-16-24/h5-16,18,25H,17H2,1-4H3,(H,28,30). The highest BCUT2D eigenvalue weighted by Crippen LogP contribution is 2.26. The molecule has 6 nitrogen and oxygen atoms in total. The van der Waals surface area contributed by atoms with Gasteiger partial charge in [-0.15, -0.1) is 0 Å². The molecule has 0 aliphatic rings. The lowest BCUT2D eigenvalue weighted by atomic mass is 9.96. The number of halogens is 1. The first kappa shape index (κ1) is 25.6. The monoisotopic (exact) mass is 500 g/mol. The van der Waals surface area contributed by atoms with Crippen molar-refractivity contribution in [2.45, 2.75) is 31.2 Å². The summed E-state index contributed by atoms with van der Waals surface area (Å²) in [7, 11) is -0.663. The Morgan fingerprint density at radius 2 is 1.56 bits per heavy atom. The summed E-state index contributed by atoms with van der Waals surface area (Å²) in [5, 5.41) is 3.56. The lowest BCUT2D eigenvalue weighted by molar-refractivity contribution is 0.0932. The van der Waals surface area contributed by atoms with Crippen LogP contribution in [0.2, 0.25) is 5.02 Å². The first-order chi connectivity index (χ1) is 16.1. The first-order valence-corrected chi connectivity index (χ1v) is 12.7. The van der Waals surface area contributed by atoms with Crippen molar-refractivity contribution in [3.63, 3.8) is 0 Å². The average molecular weight is 501 g/mol. The Balaban J connectivity index is 1.76. The summed E-state index contributed by atoms with van der Waals surface area (Å²) >= 11 is 5.87. The van der Waals surface area contributed by atoms with E-state index in [1.165, 1.54) is 35.6 Å². The van der Waals surface area contributed by atoms with E-state index in [0.717, 1.165) is 17.7 Å². The van der Waals surface area contributed by atoms with Crippen molar-refractivity contribution in [1.29, 1.82) is 0 Å². The van der Waals surface area contributed by atoms with Gasteiger partial charge in [-0.25, -0.2) is 8.42 Å². The molecule has 34 heavy (non-hydrogen) atoms. The fourth-order valence-electron chi connectivity index (χ4n) is 3.55. The van der Waals surface area contributed by atoms with E-state index in [2.05, 4.69) is 19.2 Å². The Bertz CT molecular complexity index is 1210. The fraction of sp³-hybridized carbons (Fsp3) is 0.269. The second-order valence-electron chi connectivity index (χ2n) is 8.40. The predicted molar refractivity (Wildman–Crippen MR) is 136 cm³/mol. The molecule has 0 spiro atoms. The zero-order valence-electron chi connectivity index (χ0n) is 19.7. The summed E-state index contributed by atoms with van der Waals surface area (Å²) in [4.78, 5) is 13.1. The number of carbonyl (C=O) groups is 1. The summed E-state index contributed by atoms with van der Waals surface area (Å²) in [6.07, 6.45) is 0.776. The minimum Gasteiger partial charge on any atom is -0.497 e. The van der Waals surface area contributed by atoms with Gasteiger partial charge in [-0.3, -0.25) is 9.10 Å². The molecule has 0 heterocycles. The van der Waals surface area contributed by atoms with Crippen LogP contribution in [0.5, 0.6) is 5.75 Å².